The summed E-state index contributed by atoms with van der Waals surface area (Å²) < 4.78 is 0. The van der Waals surface area contributed by atoms with Gasteiger partial charge in [0.1, 0.15) is 48.0 Å². The number of amides is 8. The number of para-hydroxylation sites is 1. The van der Waals surface area contributed by atoms with Crippen LogP contribution in [0.15, 0.2) is 54.7 Å². The van der Waals surface area contributed by atoms with Gasteiger partial charge < -0.3 is 74.9 Å². The Hall–Kier alpha value is -5.92. The van der Waals surface area contributed by atoms with Crippen LogP contribution in [0.2, 0.25) is 0 Å². The zero-order valence-electron chi connectivity index (χ0n) is 39.8. The minimum Gasteiger partial charge on any atom is -0.508 e. The number of fused-ring (bicyclic) bond motifs is 1. The quantitative estimate of drug-likeness (QED) is 0.0249. The van der Waals surface area contributed by atoms with Crippen molar-refractivity contribution in [3.05, 3.63) is 65.9 Å². The first-order valence-electron chi connectivity index (χ1n) is 23.8. The first-order chi connectivity index (χ1) is 34.0. The van der Waals surface area contributed by atoms with Crippen LogP contribution >= 0.6 is 25.3 Å². The number of primary amides is 1. The number of aliphatic hydroxyl groups is 1. The summed E-state index contributed by atoms with van der Waals surface area (Å²) in [5.41, 5.74) is 18.7. The van der Waals surface area contributed by atoms with Crippen molar-refractivity contribution in [2.24, 2.45) is 17.2 Å². The molecule has 3 aromatic rings. The van der Waals surface area contributed by atoms with Gasteiger partial charge in [0.05, 0.1) is 12.1 Å². The summed E-state index contributed by atoms with van der Waals surface area (Å²) in [4.78, 5) is 112. The topological polar surface area (TPSA) is 367 Å². The van der Waals surface area contributed by atoms with E-state index in [1.807, 2.05) is 18.2 Å². The number of nitrogens with one attached hydrogen (secondary N) is 9. The van der Waals surface area contributed by atoms with Gasteiger partial charge in [-0.05, 0) is 107 Å². The van der Waals surface area contributed by atoms with Crippen LogP contribution in [-0.4, -0.2) is 148 Å². The lowest BCUT2D eigenvalue weighted by Gasteiger charge is -2.28. The molecule has 1 aromatic heterocycles. The number of aromatic hydroxyl groups is 1. The molecule has 17 N–H and O–H groups in total. The summed E-state index contributed by atoms with van der Waals surface area (Å²) in [6.07, 6.45) is 3.35. The van der Waals surface area contributed by atoms with Crippen molar-refractivity contribution in [2.45, 2.75) is 126 Å². The lowest BCUT2D eigenvalue weighted by molar-refractivity contribution is -0.136. The van der Waals surface area contributed by atoms with Gasteiger partial charge in [-0.2, -0.15) is 25.3 Å². The smallest absolute Gasteiger partial charge is 0.245 e. The minimum atomic E-state index is -1.66. The molecule has 22 nitrogen and oxygen atoms in total. The van der Waals surface area contributed by atoms with E-state index < -0.39 is 102 Å². The highest BCUT2D eigenvalue weighted by atomic mass is 32.1. The molecule has 0 spiro atoms. The molecule has 1 saturated heterocycles. The standard InChI is InChI=1S/C47H70N12O10S2/c1-26(60)39(47(69)58-38(25-71)45(67)53-32(40(50)62)11-4-6-18-48)59-42(64)34(12-5-7-19-49)54-44(66)36(22-28-23-52-31-10-3-2-9-30(28)31)56-43(65)35(21-27-14-16-29(61)17-15-27)55-46(68)37(24-70)57-41(63)33-13-8-20-51-33/h2-3,9-10,14-17,23,26,32-39,51-52,60-61,70-71H,4-8,11-13,18-22,24-25,48-49H2,1H3,(H2,50,62)(H,53,67)(H,54,66)(H,55,68)(H,56,65)(H,57,63)(H,58,69)(H,59,64)/t26-,32+,33+,34+,35+,36-,37+,38+,39+/m1/s1. The molecule has 0 saturated carbocycles. The van der Waals surface area contributed by atoms with Crippen molar-refractivity contribution >= 4 is 83.4 Å². The second kappa shape index (κ2) is 29.4. The lowest BCUT2D eigenvalue weighted by atomic mass is 10.0. The Bertz CT molecular complexity index is 2260. The highest BCUT2D eigenvalue weighted by Crippen LogP contribution is 2.20. The van der Waals surface area contributed by atoms with E-state index in [0.717, 1.165) is 17.3 Å². The molecule has 1 aliphatic rings. The molecule has 1 aliphatic heterocycles. The van der Waals surface area contributed by atoms with Crippen LogP contribution in [0.1, 0.15) is 69.4 Å². The fourth-order valence-corrected chi connectivity index (χ4v) is 8.44. The van der Waals surface area contributed by atoms with Gasteiger partial charge >= 0.3 is 0 Å². The van der Waals surface area contributed by atoms with Crippen LogP contribution in [0.5, 0.6) is 5.75 Å². The Morgan fingerprint density at radius 1 is 0.662 bits per heavy atom. The number of hydrogen-bond acceptors (Lipinski definition) is 15. The highest BCUT2D eigenvalue weighted by molar-refractivity contribution is 7.80. The number of phenols is 1. The number of benzene rings is 2. The first kappa shape index (κ1) is 57.7. The summed E-state index contributed by atoms with van der Waals surface area (Å²) >= 11 is 8.49. The average molecular weight is 1030 g/mol. The molecule has 2 heterocycles. The first-order valence-corrected chi connectivity index (χ1v) is 25.0. The second-order valence-corrected chi connectivity index (χ2v) is 18.2. The number of thiol groups is 2. The minimum absolute atomic E-state index is 0.00373. The number of H-pyrrole nitrogens is 1. The molecule has 0 radical (unpaired) electrons. The van der Waals surface area contributed by atoms with Gasteiger partial charge in [-0.15, -0.1) is 0 Å². The van der Waals surface area contributed by atoms with Crippen molar-refractivity contribution in [1.82, 2.24) is 47.5 Å². The van der Waals surface area contributed by atoms with Crippen LogP contribution in [-0.2, 0) is 51.2 Å². The number of rotatable bonds is 30. The Balaban J connectivity index is 1.61. The highest BCUT2D eigenvalue weighted by Gasteiger charge is 2.36. The van der Waals surface area contributed by atoms with E-state index in [0.29, 0.717) is 56.3 Å². The molecular weight excluding hydrogens is 957 g/mol. The molecule has 0 unspecified atom stereocenters. The van der Waals surface area contributed by atoms with Gasteiger partial charge in [-0.25, -0.2) is 0 Å². The number of carbonyl (C=O) groups is 8. The van der Waals surface area contributed by atoms with Crippen LogP contribution in [0.25, 0.3) is 10.9 Å². The average Bonchev–Trinajstić information content (AvgIpc) is 4.04. The Morgan fingerprint density at radius 2 is 1.18 bits per heavy atom. The third-order valence-corrected chi connectivity index (χ3v) is 12.7. The van der Waals surface area contributed by atoms with Gasteiger partial charge in [0.15, 0.2) is 0 Å². The van der Waals surface area contributed by atoms with E-state index in [-0.39, 0.29) is 49.5 Å². The van der Waals surface area contributed by atoms with Crippen molar-refractivity contribution in [1.29, 1.82) is 0 Å². The molecule has 8 amide bonds. The van der Waals surface area contributed by atoms with Crippen molar-refractivity contribution in [2.75, 3.05) is 31.1 Å². The van der Waals surface area contributed by atoms with Crippen molar-refractivity contribution in [3.63, 3.8) is 0 Å². The molecule has 71 heavy (non-hydrogen) atoms. The van der Waals surface area contributed by atoms with Crippen molar-refractivity contribution in [3.8, 4) is 5.75 Å². The molecular formula is C47H70N12O10S2. The van der Waals surface area contributed by atoms with Crippen LogP contribution in [0, 0.1) is 0 Å². The Labute approximate surface area is 423 Å². The van der Waals surface area contributed by atoms with E-state index in [4.69, 9.17) is 17.2 Å². The van der Waals surface area contributed by atoms with Gasteiger partial charge in [0.25, 0.3) is 0 Å². The summed E-state index contributed by atoms with van der Waals surface area (Å²) in [5, 5.41) is 42.9. The summed E-state index contributed by atoms with van der Waals surface area (Å²) in [6.45, 7) is 2.50. The van der Waals surface area contributed by atoms with Crippen LogP contribution in [0.4, 0.5) is 0 Å². The van der Waals surface area contributed by atoms with Gasteiger partial charge in [-0.1, -0.05) is 30.3 Å². The summed E-state index contributed by atoms with van der Waals surface area (Å²) in [7, 11) is 0. The maximum atomic E-state index is 14.6. The normalized spacial score (nSPS) is 16.7. The third-order valence-electron chi connectivity index (χ3n) is 12.0. The summed E-state index contributed by atoms with van der Waals surface area (Å²) in [5.74, 6) is -6.56. The third kappa shape index (κ3) is 18.0. The number of nitrogens with two attached hydrogens (primary N) is 3. The molecule has 9 atom stereocenters. The maximum Gasteiger partial charge on any atom is 0.245 e. The number of aliphatic hydroxyl groups excluding tert-OH is 1. The van der Waals surface area contributed by atoms with E-state index in [2.05, 4.69) is 72.8 Å². The van der Waals surface area contributed by atoms with E-state index in [1.165, 1.54) is 19.1 Å². The predicted molar refractivity (Wildman–Crippen MR) is 273 cm³/mol. The van der Waals surface area contributed by atoms with Crippen LogP contribution in [0.3, 0.4) is 0 Å². The lowest BCUT2D eigenvalue weighted by Crippen LogP contribution is -2.62. The molecule has 2 aromatic carbocycles. The van der Waals surface area contributed by atoms with E-state index >= 15 is 0 Å². The maximum absolute atomic E-state index is 14.6. The summed E-state index contributed by atoms with van der Waals surface area (Å²) in [6, 6.07) is 3.44. The number of aromatic nitrogens is 1. The molecule has 390 valence electrons. The van der Waals surface area contributed by atoms with Crippen LogP contribution < -0.4 is 59.7 Å². The molecule has 0 aliphatic carbocycles. The monoisotopic (exact) mass is 1030 g/mol. The van der Waals surface area contributed by atoms with E-state index in [9.17, 15) is 48.6 Å². The molecule has 0 bridgehead atoms. The number of phenolic OH excluding ortho intramolecular Hbond substituents is 1. The van der Waals surface area contributed by atoms with Gasteiger partial charge in [-0.3, -0.25) is 38.4 Å². The number of hydrogen-bond donors (Lipinski definition) is 16. The number of aromatic amines is 1. The molecule has 24 heteroatoms. The number of unbranched alkanes of at least 4 members (excludes halogenated alkanes) is 2. The largest absolute Gasteiger partial charge is 0.508 e. The fourth-order valence-electron chi connectivity index (χ4n) is 7.93. The molecule has 1 fully saturated rings. The second-order valence-electron chi connectivity index (χ2n) is 17.5. The SMILES string of the molecule is C[C@@H](O)[C@H](NC(=O)[C@H](CCCCN)NC(=O)[C@@H](Cc1c[nH]c2ccccc12)NC(=O)[C@H](Cc1ccc(O)cc1)NC(=O)[C@H](CS)NC(=O)[C@@H]1CCCN1)C(=O)N[C@@H](CS)C(=O)N[C@@H](CCCCN)C(N)=O. The molecule has 4 rings (SSSR count). The zero-order chi connectivity index (χ0) is 52.0. The van der Waals surface area contributed by atoms with Crippen molar-refractivity contribution < 1.29 is 48.6 Å². The number of carbonyl (C=O) groups excluding carboxylic acids is 8. The van der Waals surface area contributed by atoms with Gasteiger partial charge in [0.2, 0.25) is 47.3 Å². The fraction of sp³-hybridized carbons (Fsp3) is 0.532. The zero-order valence-corrected chi connectivity index (χ0v) is 41.6. The Kier molecular flexibility index (Phi) is 23.9. The Morgan fingerprint density at radius 3 is 1.75 bits per heavy atom. The van der Waals surface area contributed by atoms with E-state index in [1.54, 1.807) is 24.4 Å². The predicted octanol–water partition coefficient (Wildman–Crippen LogP) is -2.21. The van der Waals surface area contributed by atoms with Gasteiger partial charge in [0, 0.05) is 41.4 Å².